The second-order valence-corrected chi connectivity index (χ2v) is 19.7. The smallest absolute Gasteiger partial charge is 0.327 e. The molecule has 15 nitrogen and oxygen atoms in total. The normalized spacial score (nSPS) is 25.2. The van der Waals surface area contributed by atoms with Crippen LogP contribution in [-0.4, -0.2) is 131 Å². The number of esters is 2. The van der Waals surface area contributed by atoms with Gasteiger partial charge in [0.1, 0.15) is 41.5 Å². The lowest BCUT2D eigenvalue weighted by molar-refractivity contribution is -0.225. The third-order valence-electron chi connectivity index (χ3n) is 13.2. The largest absolute Gasteiger partial charge is 0.460 e. The number of benzene rings is 2. The third kappa shape index (κ3) is 11.7. The fraction of sp³-hybridized carbons (Fsp3) is 0.627. The summed E-state index contributed by atoms with van der Waals surface area (Å²) in [6.07, 6.45) is 7.14. The number of amides is 3. The Morgan fingerprint density at radius 1 is 0.939 bits per heavy atom. The number of hydrogen-bond donors (Lipinski definition) is 2. The van der Waals surface area contributed by atoms with Crippen molar-refractivity contribution in [2.45, 2.75) is 172 Å². The summed E-state index contributed by atoms with van der Waals surface area (Å²) in [6.45, 7) is 9.23. The molecule has 2 bridgehead atoms. The van der Waals surface area contributed by atoms with E-state index in [4.69, 9.17) is 23.8 Å². The topological polar surface area (TPSA) is 173 Å². The van der Waals surface area contributed by atoms with Gasteiger partial charge in [0.2, 0.25) is 17.7 Å². The molecule has 8 atom stereocenters. The Bertz CT molecular complexity index is 2030. The highest BCUT2D eigenvalue weighted by Gasteiger charge is 2.76. The zero-order valence-electron chi connectivity index (χ0n) is 40.2. The van der Waals surface area contributed by atoms with Crippen molar-refractivity contribution >= 4 is 35.7 Å². The van der Waals surface area contributed by atoms with Gasteiger partial charge in [-0.05, 0) is 62.8 Å². The number of carbonyl (C=O) groups is 5. The van der Waals surface area contributed by atoms with Crippen LogP contribution in [0.2, 0.25) is 0 Å². The number of nitrogens with one attached hydrogen (secondary N) is 1. The average molecular weight is 917 g/mol. The molecule has 2 N–H and O–H groups in total. The molecule has 2 aromatic rings. The van der Waals surface area contributed by atoms with Gasteiger partial charge in [-0.25, -0.2) is 0 Å². The zero-order chi connectivity index (χ0) is 47.8. The molecule has 3 saturated heterocycles. The Labute approximate surface area is 390 Å². The number of hydroxylamine groups is 2. The molecule has 0 spiro atoms. The van der Waals surface area contributed by atoms with E-state index < -0.39 is 89.7 Å². The van der Waals surface area contributed by atoms with E-state index in [9.17, 15) is 24.3 Å². The lowest BCUT2D eigenvalue weighted by Crippen LogP contribution is -2.70. The maximum Gasteiger partial charge on any atom is 0.327 e. The minimum atomic E-state index is -1.57. The molecule has 15 heteroatoms. The van der Waals surface area contributed by atoms with Crippen molar-refractivity contribution in [2.75, 3.05) is 27.7 Å². The van der Waals surface area contributed by atoms with Crippen molar-refractivity contribution in [3.05, 3.63) is 77.4 Å². The predicted molar refractivity (Wildman–Crippen MR) is 247 cm³/mol. The number of aliphatic hydroxyl groups is 1. The molecule has 0 radical (unpaired) electrons. The summed E-state index contributed by atoms with van der Waals surface area (Å²) in [4.78, 5) is 80.0. The maximum atomic E-state index is 15.9. The van der Waals surface area contributed by atoms with Gasteiger partial charge in [0.25, 0.3) is 0 Å². The van der Waals surface area contributed by atoms with Gasteiger partial charge < -0.3 is 39.2 Å². The zero-order valence-corrected chi connectivity index (χ0v) is 40.2. The molecule has 66 heavy (non-hydrogen) atoms. The van der Waals surface area contributed by atoms with Gasteiger partial charge in [0, 0.05) is 59.3 Å². The molecular weight excluding hydrogens is 845 g/mol. The van der Waals surface area contributed by atoms with E-state index in [2.05, 4.69) is 19.2 Å². The van der Waals surface area contributed by atoms with Crippen LogP contribution in [-0.2, 0) is 60.7 Å². The molecule has 3 amide bonds. The van der Waals surface area contributed by atoms with Crippen LogP contribution in [0, 0.1) is 5.41 Å². The number of likely N-dealkylation sites (N-methyl/N-ethyl adjacent to an activating group) is 2. The molecule has 4 aliphatic rings. The van der Waals surface area contributed by atoms with Crippen LogP contribution in [0.1, 0.15) is 122 Å². The van der Waals surface area contributed by atoms with Gasteiger partial charge in [-0.3, -0.25) is 28.8 Å². The van der Waals surface area contributed by atoms with E-state index in [1.807, 2.05) is 54.6 Å². The summed E-state index contributed by atoms with van der Waals surface area (Å²) in [6, 6.07) is 13.7. The minimum absolute atomic E-state index is 0.0412. The molecular formula is C51H72N4O11. The van der Waals surface area contributed by atoms with Crippen LogP contribution in [0.5, 0.6) is 0 Å². The maximum absolute atomic E-state index is 15.9. The number of nitrogens with zero attached hydrogens (tertiary/aromatic N) is 3. The first-order valence-corrected chi connectivity index (χ1v) is 23.9. The summed E-state index contributed by atoms with van der Waals surface area (Å²) in [5.41, 5.74) is 0.0361. The van der Waals surface area contributed by atoms with Gasteiger partial charge >= 0.3 is 11.9 Å². The van der Waals surface area contributed by atoms with E-state index >= 15 is 4.79 Å². The Balaban J connectivity index is 1.37. The summed E-state index contributed by atoms with van der Waals surface area (Å²) in [7, 11) is 4.92. The second kappa shape index (κ2) is 22.0. The molecule has 6 rings (SSSR count). The molecule has 0 aromatic heterocycles. The van der Waals surface area contributed by atoms with E-state index in [0.29, 0.717) is 12.8 Å². The quantitative estimate of drug-likeness (QED) is 0.0816. The Kier molecular flexibility index (Phi) is 16.9. The lowest BCUT2D eigenvalue weighted by atomic mass is 9.62. The lowest BCUT2D eigenvalue weighted by Gasteiger charge is -2.50. The minimum Gasteiger partial charge on any atom is -0.460 e. The van der Waals surface area contributed by atoms with E-state index in [-0.39, 0.29) is 38.1 Å². The number of fused-ring (bicyclic) bond motifs is 4. The number of ether oxygens (including phenoxy) is 4. The monoisotopic (exact) mass is 917 g/mol. The van der Waals surface area contributed by atoms with E-state index in [0.717, 1.165) is 55.2 Å². The number of unbranched alkanes of at least 4 members (excludes halogenated alkanes) is 4. The molecule has 3 heterocycles. The van der Waals surface area contributed by atoms with Crippen LogP contribution in [0.3, 0.4) is 0 Å². The molecule has 3 aliphatic heterocycles. The standard InChI is InChI=1S/C51H72N4O11/c1-9-11-16-27-50(28-17-12-10-2)64-42-39-31-51(44(47(60)62-39)55(66-45(51)43(42)65-50)32-36-22-18-21-35(29-36)23-25-40(57)53(6)7)48(61)54(8)38(30-34-19-14-13-15-20-34)46(59)52-37(33-56)24-26-41(58)63-49(3,4)5/h13-15,18-23,25,29,37-39,42-45,56H,9-12,16-17,24,26-28,30-33H2,1-8H3,(H,52,59)/t37-,38+,39?,42-,43-,44-,45+,51?/m0/s1. The summed E-state index contributed by atoms with van der Waals surface area (Å²) < 4.78 is 25.8. The van der Waals surface area contributed by atoms with Crippen LogP contribution in [0.25, 0.3) is 6.08 Å². The molecule has 2 aromatic carbocycles. The number of carbonyl (C=O) groups excluding carboxylic acids is 5. The average Bonchev–Trinajstić information content (AvgIpc) is 3.83. The van der Waals surface area contributed by atoms with Gasteiger partial charge in [-0.1, -0.05) is 94.1 Å². The number of rotatable bonds is 22. The van der Waals surface area contributed by atoms with Crippen LogP contribution >= 0.6 is 0 Å². The van der Waals surface area contributed by atoms with Gasteiger partial charge in [-0.2, -0.15) is 5.06 Å². The second-order valence-electron chi connectivity index (χ2n) is 19.7. The van der Waals surface area contributed by atoms with Gasteiger partial charge in [0.05, 0.1) is 19.2 Å². The van der Waals surface area contributed by atoms with Crippen LogP contribution in [0.4, 0.5) is 0 Å². The highest BCUT2D eigenvalue weighted by molar-refractivity contribution is 5.96. The van der Waals surface area contributed by atoms with Crippen molar-refractivity contribution in [1.82, 2.24) is 20.2 Å². The van der Waals surface area contributed by atoms with Crippen LogP contribution < -0.4 is 5.32 Å². The number of aliphatic hydroxyl groups excluding tert-OH is 1. The van der Waals surface area contributed by atoms with E-state index in [1.165, 1.54) is 20.9 Å². The third-order valence-corrected chi connectivity index (χ3v) is 13.2. The molecule has 4 fully saturated rings. The highest BCUT2D eigenvalue weighted by Crippen LogP contribution is 2.58. The van der Waals surface area contributed by atoms with Gasteiger partial charge in [0.15, 0.2) is 11.8 Å². The summed E-state index contributed by atoms with van der Waals surface area (Å²) in [5, 5.41) is 14.9. The van der Waals surface area contributed by atoms with Crippen molar-refractivity contribution in [3.63, 3.8) is 0 Å². The van der Waals surface area contributed by atoms with Crippen LogP contribution in [0.15, 0.2) is 60.7 Å². The Hall–Kier alpha value is -4.67. The highest BCUT2D eigenvalue weighted by atomic mass is 16.8. The summed E-state index contributed by atoms with van der Waals surface area (Å²) >= 11 is 0. The van der Waals surface area contributed by atoms with Gasteiger partial charge in [-0.15, -0.1) is 0 Å². The van der Waals surface area contributed by atoms with Crippen molar-refractivity contribution in [2.24, 2.45) is 5.41 Å². The molecule has 2 unspecified atom stereocenters. The first-order chi connectivity index (χ1) is 31.4. The SMILES string of the molecule is CCCCCC1(CCCCC)O[C@@H]2[C@H]3ON(Cc4cccc(C=CC(=O)N(C)C)c4)[C@H]4C(=O)OC(CC34C(=O)N(C)[C@H](Cc3ccccc3)C(=O)N[C@H](CO)CCC(=O)OC(C)(C)C)[C@@H]2O1. The Morgan fingerprint density at radius 2 is 1.61 bits per heavy atom. The van der Waals surface area contributed by atoms with Crippen molar-refractivity contribution < 1.29 is 52.9 Å². The van der Waals surface area contributed by atoms with Crippen molar-refractivity contribution in [1.29, 1.82) is 0 Å². The predicted octanol–water partition coefficient (Wildman–Crippen LogP) is 5.90. The first-order valence-electron chi connectivity index (χ1n) is 23.9. The summed E-state index contributed by atoms with van der Waals surface area (Å²) in [5.74, 6) is -3.25. The fourth-order valence-electron chi connectivity index (χ4n) is 9.87. The molecule has 1 saturated carbocycles. The fourth-order valence-corrected chi connectivity index (χ4v) is 9.87. The molecule has 1 aliphatic carbocycles. The number of hydrogen-bond acceptors (Lipinski definition) is 12. The first kappa shape index (κ1) is 50.7. The van der Waals surface area contributed by atoms with E-state index in [1.54, 1.807) is 48.0 Å². The Morgan fingerprint density at radius 3 is 2.24 bits per heavy atom. The van der Waals surface area contributed by atoms with Crippen molar-refractivity contribution in [3.8, 4) is 0 Å². The molecule has 362 valence electrons.